The van der Waals surface area contributed by atoms with Crippen LogP contribution in [0, 0.1) is 0 Å². The van der Waals surface area contributed by atoms with E-state index < -0.39 is 11.7 Å². The Labute approximate surface area is 121 Å². The fourth-order valence-electron chi connectivity index (χ4n) is 2.03. The Kier molecular flexibility index (Phi) is 4.53. The SMILES string of the molecule is CC(N)Cc1ccc(Oc2ccccc2)cc1C(F)(F)F. The smallest absolute Gasteiger partial charge is 0.416 e. The summed E-state index contributed by atoms with van der Waals surface area (Å²) in [5.41, 5.74) is 5.08. The Hall–Kier alpha value is -2.01. The van der Waals surface area contributed by atoms with Crippen LogP contribution in [0.2, 0.25) is 0 Å². The molecule has 0 saturated carbocycles. The summed E-state index contributed by atoms with van der Waals surface area (Å²) in [6, 6.07) is 12.3. The zero-order valence-corrected chi connectivity index (χ0v) is 11.5. The first kappa shape index (κ1) is 15.4. The van der Waals surface area contributed by atoms with E-state index in [0.717, 1.165) is 6.07 Å². The Morgan fingerprint density at radius 1 is 1.05 bits per heavy atom. The lowest BCUT2D eigenvalue weighted by molar-refractivity contribution is -0.138. The maximum absolute atomic E-state index is 13.1. The van der Waals surface area contributed by atoms with Gasteiger partial charge in [0.25, 0.3) is 0 Å². The minimum absolute atomic E-state index is 0.155. The van der Waals surface area contributed by atoms with Crippen molar-refractivity contribution in [3.05, 3.63) is 59.7 Å². The van der Waals surface area contributed by atoms with Crippen LogP contribution in [0.3, 0.4) is 0 Å². The molecule has 0 saturated heterocycles. The number of hydrogen-bond acceptors (Lipinski definition) is 2. The summed E-state index contributed by atoms with van der Waals surface area (Å²) in [7, 11) is 0. The van der Waals surface area contributed by atoms with E-state index in [2.05, 4.69) is 0 Å². The molecule has 0 aromatic heterocycles. The van der Waals surface area contributed by atoms with E-state index >= 15 is 0 Å². The Morgan fingerprint density at radius 3 is 2.29 bits per heavy atom. The van der Waals surface area contributed by atoms with E-state index in [1.165, 1.54) is 12.1 Å². The summed E-state index contributed by atoms with van der Waals surface area (Å²) < 4.78 is 44.8. The largest absolute Gasteiger partial charge is 0.457 e. The van der Waals surface area contributed by atoms with Gasteiger partial charge in [-0.15, -0.1) is 0 Å². The van der Waals surface area contributed by atoms with Crippen LogP contribution < -0.4 is 10.5 Å². The first-order valence-electron chi connectivity index (χ1n) is 6.55. The second-order valence-corrected chi connectivity index (χ2v) is 4.91. The number of rotatable bonds is 4. The fourth-order valence-corrected chi connectivity index (χ4v) is 2.03. The molecule has 2 nitrogen and oxygen atoms in total. The first-order valence-corrected chi connectivity index (χ1v) is 6.55. The topological polar surface area (TPSA) is 35.2 Å². The molecule has 21 heavy (non-hydrogen) atoms. The maximum Gasteiger partial charge on any atom is 0.416 e. The molecule has 112 valence electrons. The maximum atomic E-state index is 13.1. The molecule has 0 fully saturated rings. The van der Waals surface area contributed by atoms with E-state index in [0.29, 0.717) is 5.75 Å². The molecule has 2 rings (SSSR count). The van der Waals surface area contributed by atoms with Crippen molar-refractivity contribution in [3.8, 4) is 11.5 Å². The van der Waals surface area contributed by atoms with Gasteiger partial charge < -0.3 is 10.5 Å². The van der Waals surface area contributed by atoms with Gasteiger partial charge in [0.2, 0.25) is 0 Å². The summed E-state index contributed by atoms with van der Waals surface area (Å²) in [6.45, 7) is 1.68. The molecule has 0 aliphatic rings. The predicted octanol–water partition coefficient (Wildman–Crippen LogP) is 4.39. The summed E-state index contributed by atoms with van der Waals surface area (Å²) in [5, 5.41) is 0. The van der Waals surface area contributed by atoms with Crippen molar-refractivity contribution in [2.24, 2.45) is 5.73 Å². The van der Waals surface area contributed by atoms with Crippen LogP contribution in [0.25, 0.3) is 0 Å². The average molecular weight is 295 g/mol. The number of para-hydroxylation sites is 1. The van der Waals surface area contributed by atoms with Crippen LogP contribution in [0.1, 0.15) is 18.1 Å². The van der Waals surface area contributed by atoms with Crippen molar-refractivity contribution in [1.29, 1.82) is 0 Å². The molecule has 1 atom stereocenters. The zero-order valence-electron chi connectivity index (χ0n) is 11.5. The molecule has 0 spiro atoms. The van der Waals surface area contributed by atoms with Crippen LogP contribution in [-0.2, 0) is 12.6 Å². The molecule has 0 amide bonds. The molecular formula is C16H16F3NO. The van der Waals surface area contributed by atoms with Crippen molar-refractivity contribution in [2.75, 3.05) is 0 Å². The lowest BCUT2D eigenvalue weighted by atomic mass is 10.0. The van der Waals surface area contributed by atoms with Gasteiger partial charge in [-0.25, -0.2) is 0 Å². The third kappa shape index (κ3) is 4.23. The number of hydrogen-bond donors (Lipinski definition) is 1. The van der Waals surface area contributed by atoms with E-state index in [1.807, 2.05) is 0 Å². The van der Waals surface area contributed by atoms with E-state index in [9.17, 15) is 13.2 Å². The Morgan fingerprint density at radius 2 is 1.71 bits per heavy atom. The van der Waals surface area contributed by atoms with Crippen LogP contribution in [0.15, 0.2) is 48.5 Å². The van der Waals surface area contributed by atoms with Crippen molar-refractivity contribution < 1.29 is 17.9 Å². The van der Waals surface area contributed by atoms with Gasteiger partial charge >= 0.3 is 6.18 Å². The number of halogens is 3. The molecule has 0 aliphatic carbocycles. The van der Waals surface area contributed by atoms with Crippen molar-refractivity contribution in [3.63, 3.8) is 0 Å². The molecule has 0 bridgehead atoms. The monoisotopic (exact) mass is 295 g/mol. The summed E-state index contributed by atoms with van der Waals surface area (Å²) in [4.78, 5) is 0. The molecule has 0 heterocycles. The second kappa shape index (κ2) is 6.18. The highest BCUT2D eigenvalue weighted by molar-refractivity contribution is 5.40. The van der Waals surface area contributed by atoms with Crippen molar-refractivity contribution >= 4 is 0 Å². The predicted molar refractivity (Wildman–Crippen MR) is 75.3 cm³/mol. The number of nitrogens with two attached hydrogens (primary N) is 1. The van der Waals surface area contributed by atoms with Gasteiger partial charge in [0.05, 0.1) is 5.56 Å². The van der Waals surface area contributed by atoms with Crippen molar-refractivity contribution in [1.82, 2.24) is 0 Å². The van der Waals surface area contributed by atoms with E-state index in [-0.39, 0.29) is 23.8 Å². The minimum Gasteiger partial charge on any atom is -0.457 e. The van der Waals surface area contributed by atoms with Crippen LogP contribution in [0.4, 0.5) is 13.2 Å². The summed E-state index contributed by atoms with van der Waals surface area (Å²) in [6.07, 6.45) is -4.26. The minimum atomic E-state index is -4.43. The highest BCUT2D eigenvalue weighted by Gasteiger charge is 2.33. The average Bonchev–Trinajstić information content (AvgIpc) is 2.40. The number of ether oxygens (including phenoxy) is 1. The molecule has 0 aliphatic heterocycles. The highest BCUT2D eigenvalue weighted by Crippen LogP contribution is 2.36. The molecule has 5 heteroatoms. The van der Waals surface area contributed by atoms with Gasteiger partial charge in [0.15, 0.2) is 0 Å². The summed E-state index contributed by atoms with van der Waals surface area (Å²) in [5.74, 6) is 0.646. The lowest BCUT2D eigenvalue weighted by Gasteiger charge is -2.16. The molecule has 1 unspecified atom stereocenters. The lowest BCUT2D eigenvalue weighted by Crippen LogP contribution is -2.20. The van der Waals surface area contributed by atoms with Gasteiger partial charge in [-0.3, -0.25) is 0 Å². The van der Waals surface area contributed by atoms with Crippen LogP contribution in [0.5, 0.6) is 11.5 Å². The molecule has 2 N–H and O–H groups in total. The molecule has 2 aromatic carbocycles. The van der Waals surface area contributed by atoms with Gasteiger partial charge in [0, 0.05) is 6.04 Å². The quantitative estimate of drug-likeness (QED) is 0.908. The first-order chi connectivity index (χ1) is 9.86. The Bertz CT molecular complexity index is 594. The van der Waals surface area contributed by atoms with Gasteiger partial charge in [0.1, 0.15) is 11.5 Å². The van der Waals surface area contributed by atoms with Crippen molar-refractivity contribution in [2.45, 2.75) is 25.6 Å². The normalized spacial score (nSPS) is 13.0. The highest BCUT2D eigenvalue weighted by atomic mass is 19.4. The number of alkyl halides is 3. The fraction of sp³-hybridized carbons (Fsp3) is 0.250. The molecule has 0 radical (unpaired) electrons. The Balaban J connectivity index is 2.33. The number of benzene rings is 2. The summed E-state index contributed by atoms with van der Waals surface area (Å²) >= 11 is 0. The molecule has 2 aromatic rings. The van der Waals surface area contributed by atoms with Crippen LogP contribution in [-0.4, -0.2) is 6.04 Å². The van der Waals surface area contributed by atoms with Gasteiger partial charge in [-0.05, 0) is 43.2 Å². The molecular weight excluding hydrogens is 279 g/mol. The second-order valence-electron chi connectivity index (χ2n) is 4.91. The third-order valence-electron chi connectivity index (χ3n) is 2.91. The van der Waals surface area contributed by atoms with E-state index in [4.69, 9.17) is 10.5 Å². The zero-order chi connectivity index (χ0) is 15.5. The standard InChI is InChI=1S/C16H16F3NO/c1-11(20)9-12-7-8-14(10-15(12)16(17,18)19)21-13-5-3-2-4-6-13/h2-8,10-11H,9,20H2,1H3. The third-order valence-corrected chi connectivity index (χ3v) is 2.91. The van der Waals surface area contributed by atoms with Gasteiger partial charge in [-0.1, -0.05) is 24.3 Å². The van der Waals surface area contributed by atoms with Crippen LogP contribution >= 0.6 is 0 Å². The van der Waals surface area contributed by atoms with Gasteiger partial charge in [-0.2, -0.15) is 13.2 Å². The van der Waals surface area contributed by atoms with E-state index in [1.54, 1.807) is 37.3 Å².